The summed E-state index contributed by atoms with van der Waals surface area (Å²) in [5, 5.41) is 4.41. The highest BCUT2D eigenvalue weighted by molar-refractivity contribution is 7.80. The Bertz CT molecular complexity index is 1130. The first-order valence-corrected chi connectivity index (χ1v) is 12.1. The molecule has 1 fully saturated rings. The Hall–Kier alpha value is -2.70. The Morgan fingerprint density at radius 1 is 1.06 bits per heavy atom. The van der Waals surface area contributed by atoms with E-state index in [0.717, 1.165) is 30.3 Å². The minimum absolute atomic E-state index is 0.0191. The third kappa shape index (κ3) is 4.55. The molecule has 174 valence electrons. The van der Waals surface area contributed by atoms with E-state index in [0.29, 0.717) is 0 Å². The summed E-state index contributed by atoms with van der Waals surface area (Å²) < 4.78 is 2.40. The molecular formula is C27H35N5S. The van der Waals surface area contributed by atoms with Gasteiger partial charge >= 0.3 is 0 Å². The van der Waals surface area contributed by atoms with Gasteiger partial charge in [0, 0.05) is 29.8 Å². The fourth-order valence-corrected chi connectivity index (χ4v) is 5.31. The number of aromatic nitrogens is 2. The Morgan fingerprint density at radius 3 is 2.55 bits per heavy atom. The second-order valence-electron chi connectivity index (χ2n) is 9.36. The van der Waals surface area contributed by atoms with Gasteiger partial charge in [0.1, 0.15) is 0 Å². The van der Waals surface area contributed by atoms with E-state index in [1.165, 1.54) is 33.8 Å². The third-order valence-corrected chi connectivity index (χ3v) is 7.16. The maximum absolute atomic E-state index is 5.85. The van der Waals surface area contributed by atoms with Gasteiger partial charge in [0.25, 0.3) is 0 Å². The summed E-state index contributed by atoms with van der Waals surface area (Å²) in [6.07, 6.45) is 2.92. The number of benzene rings is 1. The Kier molecular flexibility index (Phi) is 6.86. The van der Waals surface area contributed by atoms with Crippen molar-refractivity contribution >= 4 is 17.3 Å². The van der Waals surface area contributed by atoms with E-state index in [2.05, 4.69) is 97.9 Å². The monoisotopic (exact) mass is 461 g/mol. The van der Waals surface area contributed by atoms with Crippen molar-refractivity contribution in [2.75, 3.05) is 27.2 Å². The molecule has 33 heavy (non-hydrogen) atoms. The van der Waals surface area contributed by atoms with Crippen LogP contribution >= 0.6 is 12.2 Å². The molecule has 6 heteroatoms. The van der Waals surface area contributed by atoms with Gasteiger partial charge < -0.3 is 19.7 Å². The molecule has 2 unspecified atom stereocenters. The first kappa shape index (κ1) is 23.5. The molecule has 3 heterocycles. The smallest absolute Gasteiger partial charge is 0.170 e. The summed E-state index contributed by atoms with van der Waals surface area (Å²) in [6, 6.07) is 15.1. The van der Waals surface area contributed by atoms with Gasteiger partial charge in [-0.2, -0.15) is 0 Å². The average Bonchev–Trinajstić information content (AvgIpc) is 3.26. The van der Waals surface area contributed by atoms with Crippen LogP contribution in [-0.2, 0) is 0 Å². The van der Waals surface area contributed by atoms with Crippen LogP contribution in [0.3, 0.4) is 0 Å². The van der Waals surface area contributed by atoms with Crippen molar-refractivity contribution in [3.05, 3.63) is 82.4 Å². The maximum Gasteiger partial charge on any atom is 0.170 e. The van der Waals surface area contributed by atoms with E-state index >= 15 is 0 Å². The van der Waals surface area contributed by atoms with E-state index in [-0.39, 0.29) is 12.1 Å². The van der Waals surface area contributed by atoms with Gasteiger partial charge in [-0.05, 0) is 108 Å². The third-order valence-electron chi connectivity index (χ3n) is 6.81. The van der Waals surface area contributed by atoms with Gasteiger partial charge in [-0.15, -0.1) is 0 Å². The van der Waals surface area contributed by atoms with Crippen molar-refractivity contribution in [1.82, 2.24) is 24.7 Å². The Balaban J connectivity index is 1.80. The zero-order valence-electron chi connectivity index (χ0n) is 20.6. The molecule has 1 aliphatic rings. The van der Waals surface area contributed by atoms with Crippen LogP contribution in [-0.4, -0.2) is 51.6 Å². The number of pyridine rings is 1. The number of nitrogens with zero attached hydrogens (tertiary/aromatic N) is 4. The highest BCUT2D eigenvalue weighted by Gasteiger charge is 2.41. The summed E-state index contributed by atoms with van der Waals surface area (Å²) in [7, 11) is 4.24. The predicted octanol–water partition coefficient (Wildman–Crippen LogP) is 5.03. The van der Waals surface area contributed by atoms with Crippen LogP contribution in [0.1, 0.15) is 52.3 Å². The molecule has 5 nitrogen and oxygen atoms in total. The quantitative estimate of drug-likeness (QED) is 0.500. The fourth-order valence-electron chi connectivity index (χ4n) is 4.98. The van der Waals surface area contributed by atoms with E-state index in [9.17, 15) is 0 Å². The Labute approximate surface area is 203 Å². The molecule has 0 radical (unpaired) electrons. The molecule has 2 atom stereocenters. The minimum atomic E-state index is 0.0191. The van der Waals surface area contributed by atoms with E-state index < -0.39 is 0 Å². The molecule has 1 aromatic carbocycles. The zero-order valence-corrected chi connectivity index (χ0v) is 21.4. The lowest BCUT2D eigenvalue weighted by Gasteiger charge is -2.28. The number of nitrogens with one attached hydrogen (secondary N) is 1. The van der Waals surface area contributed by atoms with E-state index in [1.54, 1.807) is 0 Å². The largest absolute Gasteiger partial charge is 0.352 e. The SMILES string of the molecule is Cc1cccc(-n2c(C)cc(C3C(c4ccccn4)NC(=S)N3CCCN(C)C)c2C)c1C. The molecule has 1 N–H and O–H groups in total. The van der Waals surface area contributed by atoms with Gasteiger partial charge in [-0.3, -0.25) is 4.98 Å². The molecule has 2 aromatic heterocycles. The summed E-state index contributed by atoms with van der Waals surface area (Å²) in [5.41, 5.74) is 8.70. The van der Waals surface area contributed by atoms with Crippen LogP contribution in [0, 0.1) is 27.7 Å². The lowest BCUT2D eigenvalue weighted by molar-refractivity contribution is 0.292. The number of hydrogen-bond donors (Lipinski definition) is 1. The maximum atomic E-state index is 5.85. The normalized spacial score (nSPS) is 18.3. The van der Waals surface area contributed by atoms with Crippen molar-refractivity contribution < 1.29 is 0 Å². The summed E-state index contributed by atoms with van der Waals surface area (Å²) in [4.78, 5) is 9.29. The highest BCUT2D eigenvalue weighted by atomic mass is 32.1. The van der Waals surface area contributed by atoms with Crippen LogP contribution in [0.5, 0.6) is 0 Å². The van der Waals surface area contributed by atoms with Gasteiger partial charge in [0.2, 0.25) is 0 Å². The molecule has 0 spiro atoms. The molecule has 0 saturated carbocycles. The van der Waals surface area contributed by atoms with Crippen molar-refractivity contribution in [3.63, 3.8) is 0 Å². The van der Waals surface area contributed by atoms with E-state index in [1.807, 2.05) is 12.3 Å². The molecule has 1 aliphatic heterocycles. The lowest BCUT2D eigenvalue weighted by atomic mass is 9.96. The van der Waals surface area contributed by atoms with Crippen LogP contribution in [0.15, 0.2) is 48.7 Å². The molecule has 0 aliphatic carbocycles. The van der Waals surface area contributed by atoms with Gasteiger partial charge in [0.05, 0.1) is 17.8 Å². The van der Waals surface area contributed by atoms with Crippen molar-refractivity contribution in [2.24, 2.45) is 0 Å². The number of aryl methyl sites for hydroxylation is 2. The van der Waals surface area contributed by atoms with Crippen molar-refractivity contribution in [2.45, 2.75) is 46.2 Å². The van der Waals surface area contributed by atoms with Crippen LogP contribution in [0.2, 0.25) is 0 Å². The second-order valence-corrected chi connectivity index (χ2v) is 9.74. The Morgan fingerprint density at radius 2 is 1.85 bits per heavy atom. The van der Waals surface area contributed by atoms with Crippen LogP contribution < -0.4 is 5.32 Å². The van der Waals surface area contributed by atoms with Gasteiger partial charge in [-0.1, -0.05) is 18.2 Å². The highest BCUT2D eigenvalue weighted by Crippen LogP contribution is 2.41. The van der Waals surface area contributed by atoms with Gasteiger partial charge in [0.15, 0.2) is 5.11 Å². The van der Waals surface area contributed by atoms with Crippen molar-refractivity contribution in [3.8, 4) is 5.69 Å². The summed E-state index contributed by atoms with van der Waals surface area (Å²) in [6.45, 7) is 10.8. The summed E-state index contributed by atoms with van der Waals surface area (Å²) >= 11 is 5.85. The fraction of sp³-hybridized carbons (Fsp3) is 0.407. The molecule has 4 rings (SSSR count). The molecule has 0 bridgehead atoms. The van der Waals surface area contributed by atoms with E-state index in [4.69, 9.17) is 17.2 Å². The molecular weight excluding hydrogens is 426 g/mol. The molecule has 1 saturated heterocycles. The first-order valence-electron chi connectivity index (χ1n) is 11.7. The molecule has 3 aromatic rings. The lowest BCUT2D eigenvalue weighted by Crippen LogP contribution is -2.32. The summed E-state index contributed by atoms with van der Waals surface area (Å²) in [5.74, 6) is 0. The first-order chi connectivity index (χ1) is 15.8. The average molecular weight is 462 g/mol. The number of thiocarbonyl (C=S) groups is 1. The second kappa shape index (κ2) is 9.65. The minimum Gasteiger partial charge on any atom is -0.352 e. The van der Waals surface area contributed by atoms with Crippen LogP contribution in [0.25, 0.3) is 5.69 Å². The predicted molar refractivity (Wildman–Crippen MR) is 140 cm³/mol. The van der Waals surface area contributed by atoms with Crippen molar-refractivity contribution in [1.29, 1.82) is 0 Å². The number of rotatable bonds is 7. The van der Waals surface area contributed by atoms with Gasteiger partial charge in [-0.25, -0.2) is 0 Å². The number of hydrogen-bond acceptors (Lipinski definition) is 3. The molecule has 0 amide bonds. The topological polar surface area (TPSA) is 36.3 Å². The van der Waals surface area contributed by atoms with Crippen LogP contribution in [0.4, 0.5) is 0 Å². The standard InChI is InChI=1S/C27H35N5S/c1-18-11-9-13-24(20(18)3)32-19(2)17-22(21(32)4)26-25(23-12-7-8-14-28-23)29-27(33)31(26)16-10-15-30(5)6/h7-9,11-14,17,25-26H,10,15-16H2,1-6H3,(H,29,33). The zero-order chi connectivity index (χ0) is 23.7.